The van der Waals surface area contributed by atoms with Crippen LogP contribution in [-0.4, -0.2) is 56.3 Å². The molecule has 132 valence electrons. The van der Waals surface area contributed by atoms with E-state index in [2.05, 4.69) is 5.32 Å². The highest BCUT2D eigenvalue weighted by atomic mass is 32.2. The quantitative estimate of drug-likeness (QED) is 0.691. The third-order valence-corrected chi connectivity index (χ3v) is 5.70. The van der Waals surface area contributed by atoms with E-state index in [9.17, 15) is 18.0 Å². The minimum absolute atomic E-state index is 0.00996. The summed E-state index contributed by atoms with van der Waals surface area (Å²) in [6, 6.07) is 5.01. The first-order valence-electron chi connectivity index (χ1n) is 7.47. The number of hydrogen-bond donors (Lipinski definition) is 2. The number of carbonyl (C=O) groups is 2. The van der Waals surface area contributed by atoms with E-state index in [-0.39, 0.29) is 11.7 Å². The van der Waals surface area contributed by atoms with E-state index < -0.39 is 16.0 Å². The summed E-state index contributed by atoms with van der Waals surface area (Å²) in [7, 11) is -3.32. The maximum Gasteiger partial charge on any atom is 0.313 e. The Morgan fingerprint density at radius 1 is 1.38 bits per heavy atom. The van der Waals surface area contributed by atoms with E-state index in [0.717, 1.165) is 18.4 Å². The SMILES string of the molecule is CS(=O)(=O)N1CCCc2cc(C(=O)NCCSCC(=O)O)ccc21. The summed E-state index contributed by atoms with van der Waals surface area (Å²) in [6.07, 6.45) is 2.63. The number of rotatable bonds is 7. The molecule has 0 aromatic heterocycles. The molecule has 0 spiro atoms. The van der Waals surface area contributed by atoms with Crippen molar-refractivity contribution in [3.05, 3.63) is 29.3 Å². The summed E-state index contributed by atoms with van der Waals surface area (Å²) in [6.45, 7) is 0.835. The van der Waals surface area contributed by atoms with Gasteiger partial charge in [0.25, 0.3) is 5.91 Å². The second-order valence-corrected chi connectivity index (χ2v) is 8.50. The number of aliphatic carboxylic acids is 1. The van der Waals surface area contributed by atoms with Crippen LogP contribution in [0.25, 0.3) is 0 Å². The van der Waals surface area contributed by atoms with Crippen LogP contribution in [-0.2, 0) is 21.2 Å². The molecule has 2 N–H and O–H groups in total. The first kappa shape index (κ1) is 18.6. The van der Waals surface area contributed by atoms with Crippen LogP contribution < -0.4 is 9.62 Å². The van der Waals surface area contributed by atoms with Crippen molar-refractivity contribution in [1.82, 2.24) is 5.32 Å². The Morgan fingerprint density at radius 3 is 2.79 bits per heavy atom. The van der Waals surface area contributed by atoms with Crippen LogP contribution >= 0.6 is 11.8 Å². The number of fused-ring (bicyclic) bond motifs is 1. The Balaban J connectivity index is 2.00. The Kier molecular flexibility index (Phi) is 6.11. The van der Waals surface area contributed by atoms with Gasteiger partial charge in [-0.3, -0.25) is 13.9 Å². The average molecular weight is 372 g/mol. The van der Waals surface area contributed by atoms with Gasteiger partial charge in [-0.15, -0.1) is 11.8 Å². The predicted molar refractivity (Wildman–Crippen MR) is 94.2 cm³/mol. The second kappa shape index (κ2) is 7.89. The lowest BCUT2D eigenvalue weighted by Gasteiger charge is -2.29. The number of carboxylic acids is 1. The summed E-state index contributed by atoms with van der Waals surface area (Å²) in [5.74, 6) is -0.595. The highest BCUT2D eigenvalue weighted by molar-refractivity contribution is 7.99. The van der Waals surface area contributed by atoms with Gasteiger partial charge in [0.05, 0.1) is 17.7 Å². The van der Waals surface area contributed by atoms with Gasteiger partial charge in [-0.2, -0.15) is 0 Å². The molecule has 0 fully saturated rings. The maximum absolute atomic E-state index is 12.1. The van der Waals surface area contributed by atoms with Crippen LogP contribution in [0.1, 0.15) is 22.3 Å². The standard InChI is InChI=1S/C15H20N2O5S2/c1-24(21,22)17-7-2-3-11-9-12(4-5-13(11)17)15(20)16-6-8-23-10-14(18)19/h4-5,9H,2-3,6-8,10H2,1H3,(H,16,20)(H,18,19). The number of sulfonamides is 1. The van der Waals surface area contributed by atoms with Gasteiger partial charge in [-0.1, -0.05) is 0 Å². The van der Waals surface area contributed by atoms with Crippen molar-refractivity contribution in [3.8, 4) is 0 Å². The van der Waals surface area contributed by atoms with E-state index in [4.69, 9.17) is 5.11 Å². The molecule has 0 unspecified atom stereocenters. The smallest absolute Gasteiger partial charge is 0.313 e. The van der Waals surface area contributed by atoms with Gasteiger partial charge < -0.3 is 10.4 Å². The molecular formula is C15H20N2O5S2. The van der Waals surface area contributed by atoms with Crippen LogP contribution in [0.15, 0.2) is 18.2 Å². The highest BCUT2D eigenvalue weighted by Crippen LogP contribution is 2.29. The molecule has 0 saturated heterocycles. The van der Waals surface area contributed by atoms with Crippen molar-refractivity contribution in [2.24, 2.45) is 0 Å². The number of nitrogens with zero attached hydrogens (tertiary/aromatic N) is 1. The fraction of sp³-hybridized carbons (Fsp3) is 0.467. The van der Waals surface area contributed by atoms with Crippen LogP contribution in [0.5, 0.6) is 0 Å². The van der Waals surface area contributed by atoms with Crippen molar-refractivity contribution in [3.63, 3.8) is 0 Å². The summed E-state index contributed by atoms with van der Waals surface area (Å²) >= 11 is 1.24. The van der Waals surface area contributed by atoms with Crippen molar-refractivity contribution in [1.29, 1.82) is 0 Å². The van der Waals surface area contributed by atoms with Gasteiger partial charge in [-0.05, 0) is 36.6 Å². The molecule has 1 aromatic rings. The fourth-order valence-corrected chi connectivity index (χ4v) is 4.11. The van der Waals surface area contributed by atoms with E-state index in [1.54, 1.807) is 18.2 Å². The molecule has 0 radical (unpaired) electrons. The highest BCUT2D eigenvalue weighted by Gasteiger charge is 2.24. The fourth-order valence-electron chi connectivity index (χ4n) is 2.55. The predicted octanol–water partition coefficient (Wildman–Crippen LogP) is 0.946. The molecule has 1 aromatic carbocycles. The third kappa shape index (κ3) is 4.88. The molecule has 2 rings (SSSR count). The van der Waals surface area contributed by atoms with Gasteiger partial charge in [-0.25, -0.2) is 8.42 Å². The first-order chi connectivity index (χ1) is 11.3. The third-order valence-electron chi connectivity index (χ3n) is 3.58. The molecule has 0 bridgehead atoms. The number of amides is 1. The van der Waals surface area contributed by atoms with Gasteiger partial charge in [0, 0.05) is 24.4 Å². The maximum atomic E-state index is 12.1. The van der Waals surface area contributed by atoms with E-state index >= 15 is 0 Å². The summed E-state index contributed by atoms with van der Waals surface area (Å²) in [4.78, 5) is 22.5. The zero-order valence-electron chi connectivity index (χ0n) is 13.3. The molecule has 1 heterocycles. The molecule has 1 aliphatic rings. The van der Waals surface area contributed by atoms with Crippen LogP contribution in [0.2, 0.25) is 0 Å². The lowest BCUT2D eigenvalue weighted by atomic mass is 10.0. The molecule has 0 aliphatic carbocycles. The lowest BCUT2D eigenvalue weighted by molar-refractivity contribution is -0.133. The molecule has 24 heavy (non-hydrogen) atoms. The monoisotopic (exact) mass is 372 g/mol. The number of carboxylic acid groups (broad SMARTS) is 1. The van der Waals surface area contributed by atoms with Crippen molar-refractivity contribution in [2.45, 2.75) is 12.8 Å². The number of anilines is 1. The topological polar surface area (TPSA) is 104 Å². The van der Waals surface area contributed by atoms with Crippen LogP contribution in [0.3, 0.4) is 0 Å². The molecule has 0 saturated carbocycles. The lowest BCUT2D eigenvalue weighted by Crippen LogP contribution is -2.34. The summed E-state index contributed by atoms with van der Waals surface area (Å²) < 4.78 is 25.0. The summed E-state index contributed by atoms with van der Waals surface area (Å²) in [5, 5.41) is 11.3. The molecule has 0 atom stereocenters. The molecule has 9 heteroatoms. The van der Waals surface area contributed by atoms with Crippen LogP contribution in [0, 0.1) is 0 Å². The Hall–Kier alpha value is -1.74. The Bertz CT molecular complexity index is 733. The van der Waals surface area contributed by atoms with E-state index in [1.165, 1.54) is 22.3 Å². The average Bonchev–Trinajstić information content (AvgIpc) is 2.52. The van der Waals surface area contributed by atoms with E-state index in [0.29, 0.717) is 30.1 Å². The largest absolute Gasteiger partial charge is 0.481 e. The van der Waals surface area contributed by atoms with Crippen molar-refractivity contribution >= 4 is 39.3 Å². The number of hydrogen-bond acceptors (Lipinski definition) is 5. The number of benzene rings is 1. The zero-order chi connectivity index (χ0) is 17.7. The minimum Gasteiger partial charge on any atom is -0.481 e. The normalized spacial score (nSPS) is 14.1. The Labute approximate surface area is 145 Å². The van der Waals surface area contributed by atoms with Crippen LogP contribution in [0.4, 0.5) is 5.69 Å². The van der Waals surface area contributed by atoms with Gasteiger partial charge in [0.2, 0.25) is 10.0 Å². The number of nitrogens with one attached hydrogen (secondary N) is 1. The Morgan fingerprint density at radius 2 is 2.12 bits per heavy atom. The number of aryl methyl sites for hydroxylation is 1. The molecule has 1 aliphatic heterocycles. The second-order valence-electron chi connectivity index (χ2n) is 5.48. The van der Waals surface area contributed by atoms with Crippen molar-refractivity contribution < 1.29 is 23.1 Å². The minimum atomic E-state index is -3.32. The zero-order valence-corrected chi connectivity index (χ0v) is 15.0. The molecular weight excluding hydrogens is 352 g/mol. The number of thioether (sulfide) groups is 1. The number of carbonyl (C=O) groups excluding carboxylic acids is 1. The van der Waals surface area contributed by atoms with Crippen molar-refractivity contribution in [2.75, 3.05) is 35.2 Å². The van der Waals surface area contributed by atoms with E-state index in [1.807, 2.05) is 0 Å². The van der Waals surface area contributed by atoms with Gasteiger partial charge in [0.1, 0.15) is 0 Å². The molecule has 7 nitrogen and oxygen atoms in total. The summed E-state index contributed by atoms with van der Waals surface area (Å²) in [5.41, 5.74) is 1.96. The first-order valence-corrected chi connectivity index (χ1v) is 10.5. The van der Waals surface area contributed by atoms with Gasteiger partial charge >= 0.3 is 5.97 Å². The molecule has 1 amide bonds. The van der Waals surface area contributed by atoms with Gasteiger partial charge in [0.15, 0.2) is 0 Å².